The molecule has 130 valence electrons. The zero-order valence-electron chi connectivity index (χ0n) is 12.7. The topological polar surface area (TPSA) is 15.3 Å². The Hall–Kier alpha value is -0.850. The van der Waals surface area contributed by atoms with Crippen molar-refractivity contribution in [2.24, 2.45) is 5.92 Å². The number of benzene rings is 1. The van der Waals surface area contributed by atoms with Gasteiger partial charge >= 0.3 is 6.18 Å². The Bertz CT molecular complexity index is 525. The number of nitrogens with one attached hydrogen (secondary N) is 1. The van der Waals surface area contributed by atoms with Crippen LogP contribution in [0.25, 0.3) is 0 Å². The molecule has 1 heterocycles. The van der Waals surface area contributed by atoms with Crippen molar-refractivity contribution in [2.45, 2.75) is 31.5 Å². The Balaban J connectivity index is 0.00000192. The molecule has 1 aromatic carbocycles. The van der Waals surface area contributed by atoms with E-state index < -0.39 is 17.6 Å². The fourth-order valence-corrected chi connectivity index (χ4v) is 3.44. The van der Waals surface area contributed by atoms with Gasteiger partial charge in [0.2, 0.25) is 0 Å². The number of nitrogens with zero attached hydrogens (tertiary/aromatic N) is 1. The highest BCUT2D eigenvalue weighted by Gasteiger charge is 2.38. The molecule has 0 unspecified atom stereocenters. The van der Waals surface area contributed by atoms with E-state index >= 15 is 0 Å². The molecule has 1 N–H and O–H groups in total. The number of halogens is 5. The summed E-state index contributed by atoms with van der Waals surface area (Å²) in [6.07, 6.45) is -1.45. The fraction of sp³-hybridized carbons (Fsp3) is 0.625. The Morgan fingerprint density at radius 2 is 1.78 bits per heavy atom. The molecular weight excluding hydrogens is 332 g/mol. The van der Waals surface area contributed by atoms with Crippen molar-refractivity contribution in [1.82, 2.24) is 10.2 Å². The highest BCUT2D eigenvalue weighted by molar-refractivity contribution is 5.85. The van der Waals surface area contributed by atoms with Crippen LogP contribution in [0.4, 0.5) is 17.6 Å². The molecule has 23 heavy (non-hydrogen) atoms. The van der Waals surface area contributed by atoms with Crippen molar-refractivity contribution < 1.29 is 17.6 Å². The van der Waals surface area contributed by atoms with Gasteiger partial charge in [0.1, 0.15) is 5.82 Å². The first kappa shape index (κ1) is 18.5. The summed E-state index contributed by atoms with van der Waals surface area (Å²) in [5.41, 5.74) is -0.551. The van der Waals surface area contributed by atoms with Gasteiger partial charge in [0.25, 0.3) is 0 Å². The van der Waals surface area contributed by atoms with Crippen molar-refractivity contribution in [3.8, 4) is 0 Å². The summed E-state index contributed by atoms with van der Waals surface area (Å²) in [6, 6.07) is 3.47. The van der Waals surface area contributed by atoms with Crippen molar-refractivity contribution in [2.75, 3.05) is 26.2 Å². The molecule has 0 bridgehead atoms. The largest absolute Gasteiger partial charge is 0.419 e. The van der Waals surface area contributed by atoms with E-state index in [1.165, 1.54) is 6.07 Å². The molecular formula is C16H21ClF4N2. The maximum Gasteiger partial charge on any atom is 0.419 e. The highest BCUT2D eigenvalue weighted by atomic mass is 35.5. The molecule has 2 aliphatic rings. The van der Waals surface area contributed by atoms with Crippen LogP contribution in [0.1, 0.15) is 36.4 Å². The van der Waals surface area contributed by atoms with Gasteiger partial charge in [-0.1, -0.05) is 12.5 Å². The Morgan fingerprint density at radius 3 is 2.30 bits per heavy atom. The smallest absolute Gasteiger partial charge is 0.314 e. The third-order valence-corrected chi connectivity index (χ3v) is 4.78. The number of rotatable bonds is 3. The van der Waals surface area contributed by atoms with Gasteiger partial charge in [0.15, 0.2) is 0 Å². The number of hydrogen-bond donors (Lipinski definition) is 1. The van der Waals surface area contributed by atoms with Crippen LogP contribution in [0.2, 0.25) is 0 Å². The molecule has 0 spiro atoms. The molecule has 0 amide bonds. The third-order valence-electron chi connectivity index (χ3n) is 4.78. The van der Waals surface area contributed by atoms with E-state index in [0.29, 0.717) is 11.5 Å². The van der Waals surface area contributed by atoms with E-state index in [2.05, 4.69) is 10.2 Å². The van der Waals surface area contributed by atoms with Crippen LogP contribution in [-0.4, -0.2) is 31.1 Å². The minimum absolute atomic E-state index is 0. The summed E-state index contributed by atoms with van der Waals surface area (Å²) in [5, 5.41) is 3.26. The first-order valence-electron chi connectivity index (χ1n) is 7.78. The highest BCUT2D eigenvalue weighted by Crippen LogP contribution is 2.43. The van der Waals surface area contributed by atoms with Gasteiger partial charge < -0.3 is 5.32 Å². The molecule has 1 aliphatic carbocycles. The normalized spacial score (nSPS) is 21.4. The molecule has 1 aliphatic heterocycles. The minimum atomic E-state index is -4.65. The van der Waals surface area contributed by atoms with Crippen LogP contribution in [0, 0.1) is 11.7 Å². The van der Waals surface area contributed by atoms with Gasteiger partial charge in [0.05, 0.1) is 5.56 Å². The summed E-state index contributed by atoms with van der Waals surface area (Å²) in [7, 11) is 0. The maximum atomic E-state index is 13.5. The zero-order chi connectivity index (χ0) is 15.7. The van der Waals surface area contributed by atoms with Gasteiger partial charge in [0, 0.05) is 32.2 Å². The van der Waals surface area contributed by atoms with Crippen LogP contribution in [0.5, 0.6) is 0 Å². The van der Waals surface area contributed by atoms with Gasteiger partial charge in [-0.2, -0.15) is 13.2 Å². The molecule has 1 aromatic rings. The van der Waals surface area contributed by atoms with Crippen LogP contribution in [-0.2, 0) is 6.18 Å². The van der Waals surface area contributed by atoms with Crippen molar-refractivity contribution in [1.29, 1.82) is 0 Å². The first-order chi connectivity index (χ1) is 10.5. The molecule has 7 heteroatoms. The molecule has 2 nitrogen and oxygen atoms in total. The van der Waals surface area contributed by atoms with Gasteiger partial charge in [-0.25, -0.2) is 4.39 Å². The van der Waals surface area contributed by atoms with E-state index in [1.54, 1.807) is 0 Å². The van der Waals surface area contributed by atoms with Crippen molar-refractivity contribution >= 4 is 12.4 Å². The lowest BCUT2D eigenvalue weighted by molar-refractivity contribution is -0.140. The van der Waals surface area contributed by atoms with Crippen LogP contribution in [0.15, 0.2) is 18.2 Å². The summed E-state index contributed by atoms with van der Waals surface area (Å²) in [5.74, 6) is -0.812. The van der Waals surface area contributed by atoms with E-state index in [1.807, 2.05) is 0 Å². The fourth-order valence-electron chi connectivity index (χ4n) is 3.44. The standard InChI is InChI=1S/C16H20F4N2.ClH/c17-14-5-4-12(10-13(14)16(18,19)20)15(11-2-1-3-11)22-8-6-21-7-9-22;/h4-5,10-11,15,21H,1-3,6-9H2;1H/t15-;/m0./s1. The summed E-state index contributed by atoms with van der Waals surface area (Å²) < 4.78 is 52.4. The number of piperazine rings is 1. The third kappa shape index (κ3) is 3.98. The van der Waals surface area contributed by atoms with Gasteiger partial charge in [-0.05, 0) is 36.5 Å². The second-order valence-corrected chi connectivity index (χ2v) is 6.16. The van der Waals surface area contributed by atoms with E-state index in [9.17, 15) is 17.6 Å². The minimum Gasteiger partial charge on any atom is -0.314 e. The van der Waals surface area contributed by atoms with E-state index in [-0.39, 0.29) is 18.4 Å². The van der Waals surface area contributed by atoms with Crippen LogP contribution < -0.4 is 5.32 Å². The SMILES string of the molecule is Cl.Fc1ccc([C@H](C2CCC2)N2CCNCC2)cc1C(F)(F)F. The lowest BCUT2D eigenvalue weighted by Gasteiger charge is -2.43. The summed E-state index contributed by atoms with van der Waals surface area (Å²) in [6.45, 7) is 3.33. The Kier molecular flexibility index (Phi) is 5.92. The zero-order valence-corrected chi connectivity index (χ0v) is 13.5. The molecule has 1 saturated carbocycles. The second-order valence-electron chi connectivity index (χ2n) is 6.16. The Labute approximate surface area is 139 Å². The summed E-state index contributed by atoms with van der Waals surface area (Å²) in [4.78, 5) is 2.24. The van der Waals surface area contributed by atoms with Crippen molar-refractivity contribution in [3.63, 3.8) is 0 Å². The van der Waals surface area contributed by atoms with Crippen molar-refractivity contribution in [3.05, 3.63) is 35.1 Å². The molecule has 1 atom stereocenters. The molecule has 0 aromatic heterocycles. The predicted octanol–water partition coefficient (Wildman–Crippen LogP) is 4.01. The first-order valence-corrected chi connectivity index (χ1v) is 7.78. The molecule has 2 fully saturated rings. The maximum absolute atomic E-state index is 13.5. The van der Waals surface area contributed by atoms with E-state index in [0.717, 1.165) is 57.6 Å². The lowest BCUT2D eigenvalue weighted by Crippen LogP contribution is -2.47. The number of alkyl halides is 3. The van der Waals surface area contributed by atoms with Crippen LogP contribution >= 0.6 is 12.4 Å². The predicted molar refractivity (Wildman–Crippen MR) is 83.2 cm³/mol. The molecule has 3 rings (SSSR count). The Morgan fingerprint density at radius 1 is 1.13 bits per heavy atom. The van der Waals surface area contributed by atoms with Gasteiger partial charge in [-0.15, -0.1) is 12.4 Å². The van der Waals surface area contributed by atoms with E-state index in [4.69, 9.17) is 0 Å². The average molecular weight is 353 g/mol. The number of hydrogen-bond acceptors (Lipinski definition) is 2. The molecule has 1 saturated heterocycles. The summed E-state index contributed by atoms with van der Waals surface area (Å²) >= 11 is 0. The average Bonchev–Trinajstić information content (AvgIpc) is 2.43. The monoisotopic (exact) mass is 352 g/mol. The van der Waals surface area contributed by atoms with Crippen LogP contribution in [0.3, 0.4) is 0 Å². The second kappa shape index (κ2) is 7.36. The van der Waals surface area contributed by atoms with Gasteiger partial charge in [-0.3, -0.25) is 4.90 Å². The molecule has 0 radical (unpaired) electrons. The quantitative estimate of drug-likeness (QED) is 0.827. The lowest BCUT2D eigenvalue weighted by atomic mass is 9.76.